The maximum absolute atomic E-state index is 12.3. The molecule has 1 aliphatic heterocycles. The fourth-order valence-corrected chi connectivity index (χ4v) is 3.11. The van der Waals surface area contributed by atoms with Crippen LogP contribution in [0.15, 0.2) is 59.6 Å². The van der Waals surface area contributed by atoms with E-state index < -0.39 is 0 Å². The Hall–Kier alpha value is -2.99. The van der Waals surface area contributed by atoms with Gasteiger partial charge < -0.3 is 10.1 Å². The number of hydrogen-bond donors (Lipinski definition) is 2. The predicted octanol–water partition coefficient (Wildman–Crippen LogP) is 1.66. The third-order valence-corrected chi connectivity index (χ3v) is 4.32. The van der Waals surface area contributed by atoms with E-state index in [1.54, 1.807) is 10.6 Å². The number of hydrogen-bond acceptors (Lipinski definition) is 3. The van der Waals surface area contributed by atoms with Crippen molar-refractivity contribution < 1.29 is 9.90 Å². The zero-order valence-electron chi connectivity index (χ0n) is 12.6. The molecule has 1 amide bonds. The van der Waals surface area contributed by atoms with Gasteiger partial charge in [0.05, 0.1) is 17.5 Å². The van der Waals surface area contributed by atoms with Crippen LogP contribution in [0.5, 0.6) is 5.88 Å². The molecule has 0 saturated carbocycles. The molecule has 4 rings (SSSR count). The first-order valence-electron chi connectivity index (χ1n) is 7.43. The summed E-state index contributed by atoms with van der Waals surface area (Å²) in [4.78, 5) is 19.3. The number of H-pyrrole nitrogens is 1. The average Bonchev–Trinajstić information content (AvgIpc) is 3.06. The maximum atomic E-state index is 12.3. The SMILES string of the molecule is O=C1N=c2ccccc2=C1c1[nH]c(=S)n(Cc2ccccc2)c1O. The molecule has 0 spiro atoms. The summed E-state index contributed by atoms with van der Waals surface area (Å²) in [6.07, 6.45) is 0. The average molecular weight is 335 g/mol. The van der Waals surface area contributed by atoms with Gasteiger partial charge in [0, 0.05) is 5.22 Å². The highest BCUT2D eigenvalue weighted by Crippen LogP contribution is 2.25. The Bertz CT molecular complexity index is 1130. The minimum absolute atomic E-state index is 0.0564. The van der Waals surface area contributed by atoms with Crippen LogP contribution >= 0.6 is 12.2 Å². The van der Waals surface area contributed by atoms with Crippen molar-refractivity contribution in [3.8, 4) is 5.88 Å². The number of rotatable bonds is 3. The molecule has 2 N–H and O–H groups in total. The van der Waals surface area contributed by atoms with E-state index in [1.807, 2.05) is 48.5 Å². The Morgan fingerprint density at radius 1 is 1.08 bits per heavy atom. The van der Waals surface area contributed by atoms with Crippen LogP contribution in [0.4, 0.5) is 0 Å². The van der Waals surface area contributed by atoms with Crippen LogP contribution in [-0.2, 0) is 11.3 Å². The summed E-state index contributed by atoms with van der Waals surface area (Å²) < 4.78 is 1.93. The summed E-state index contributed by atoms with van der Waals surface area (Å²) >= 11 is 5.32. The Morgan fingerprint density at radius 2 is 1.79 bits per heavy atom. The molecular formula is C18H13N3O2S. The number of aromatic hydroxyl groups is 1. The number of fused-ring (bicyclic) bond motifs is 1. The van der Waals surface area contributed by atoms with E-state index in [9.17, 15) is 9.90 Å². The van der Waals surface area contributed by atoms with Crippen LogP contribution in [0.2, 0.25) is 0 Å². The largest absolute Gasteiger partial charge is 0.493 e. The molecule has 0 fully saturated rings. The number of aromatic amines is 1. The summed E-state index contributed by atoms with van der Waals surface area (Å²) in [7, 11) is 0. The predicted molar refractivity (Wildman–Crippen MR) is 91.6 cm³/mol. The molecule has 2 heterocycles. The Morgan fingerprint density at radius 3 is 2.58 bits per heavy atom. The monoisotopic (exact) mass is 335 g/mol. The fourth-order valence-electron chi connectivity index (χ4n) is 2.85. The molecule has 5 nitrogen and oxygen atoms in total. The van der Waals surface area contributed by atoms with Gasteiger partial charge in [-0.25, -0.2) is 4.99 Å². The molecular weight excluding hydrogens is 322 g/mol. The van der Waals surface area contributed by atoms with Crippen molar-refractivity contribution in [1.82, 2.24) is 9.55 Å². The molecule has 0 saturated heterocycles. The van der Waals surface area contributed by atoms with Crippen molar-refractivity contribution >= 4 is 23.7 Å². The van der Waals surface area contributed by atoms with E-state index in [0.717, 1.165) is 5.56 Å². The van der Waals surface area contributed by atoms with Gasteiger partial charge in [0.1, 0.15) is 5.69 Å². The minimum Gasteiger partial charge on any atom is -0.493 e. The van der Waals surface area contributed by atoms with Gasteiger partial charge in [0.2, 0.25) is 5.88 Å². The van der Waals surface area contributed by atoms with Crippen molar-refractivity contribution in [1.29, 1.82) is 0 Å². The number of benzene rings is 2. The van der Waals surface area contributed by atoms with Crippen molar-refractivity contribution in [2.45, 2.75) is 6.54 Å². The third-order valence-electron chi connectivity index (χ3n) is 4.00. The highest BCUT2D eigenvalue weighted by atomic mass is 32.1. The number of aromatic nitrogens is 2. The number of carbonyl (C=O) groups excluding carboxylic acids is 1. The number of para-hydroxylation sites is 1. The molecule has 118 valence electrons. The smallest absolute Gasteiger partial charge is 0.280 e. The molecule has 6 heteroatoms. The van der Waals surface area contributed by atoms with Crippen molar-refractivity contribution in [3.05, 3.63) is 81.2 Å². The number of carbonyl (C=O) groups is 1. The van der Waals surface area contributed by atoms with Gasteiger partial charge in [-0.05, 0) is 23.8 Å². The minimum atomic E-state index is -0.380. The van der Waals surface area contributed by atoms with Gasteiger partial charge >= 0.3 is 0 Å². The summed E-state index contributed by atoms with van der Waals surface area (Å²) in [6.45, 7) is 0.419. The Kier molecular flexibility index (Phi) is 3.39. The van der Waals surface area contributed by atoms with Crippen molar-refractivity contribution in [3.63, 3.8) is 0 Å². The Balaban J connectivity index is 1.88. The van der Waals surface area contributed by atoms with Gasteiger partial charge in [-0.2, -0.15) is 0 Å². The lowest BCUT2D eigenvalue weighted by Crippen LogP contribution is -2.22. The number of amides is 1. The van der Waals surface area contributed by atoms with Crippen LogP contribution in [0.3, 0.4) is 0 Å². The lowest BCUT2D eigenvalue weighted by atomic mass is 10.1. The van der Waals surface area contributed by atoms with Crippen LogP contribution in [0.25, 0.3) is 5.57 Å². The van der Waals surface area contributed by atoms with E-state index in [1.165, 1.54) is 0 Å². The zero-order chi connectivity index (χ0) is 16.7. The lowest BCUT2D eigenvalue weighted by molar-refractivity contribution is -0.112. The highest BCUT2D eigenvalue weighted by molar-refractivity contribution is 7.71. The van der Waals surface area contributed by atoms with Gasteiger partial charge in [-0.1, -0.05) is 48.5 Å². The number of nitrogens with zero attached hydrogens (tertiary/aromatic N) is 2. The second kappa shape index (κ2) is 5.58. The standard InChI is InChI=1S/C18H13N3O2S/c22-16-14(12-8-4-5-9-13(12)19-16)15-17(23)21(18(24)20-15)10-11-6-2-1-3-7-11/h1-9,23H,10H2,(H,20,24). The van der Waals surface area contributed by atoms with Gasteiger partial charge in [-0.15, -0.1) is 0 Å². The number of nitrogens with one attached hydrogen (secondary N) is 1. The molecule has 2 aromatic carbocycles. The molecule has 0 aliphatic carbocycles. The van der Waals surface area contributed by atoms with E-state index in [4.69, 9.17) is 12.2 Å². The van der Waals surface area contributed by atoms with Crippen LogP contribution in [0.1, 0.15) is 11.3 Å². The molecule has 0 radical (unpaired) electrons. The van der Waals surface area contributed by atoms with Gasteiger partial charge in [-0.3, -0.25) is 9.36 Å². The molecule has 1 aliphatic rings. The van der Waals surface area contributed by atoms with E-state index in [0.29, 0.717) is 33.2 Å². The summed E-state index contributed by atoms with van der Waals surface area (Å²) in [5.41, 5.74) is 1.66. The molecule has 1 aromatic heterocycles. The second-order valence-electron chi connectivity index (χ2n) is 5.51. The third kappa shape index (κ3) is 2.28. The zero-order valence-corrected chi connectivity index (χ0v) is 13.4. The lowest BCUT2D eigenvalue weighted by Gasteiger charge is -2.05. The fraction of sp³-hybridized carbons (Fsp3) is 0.0556. The Labute approximate surface area is 142 Å². The topological polar surface area (TPSA) is 70.4 Å². The molecule has 0 atom stereocenters. The van der Waals surface area contributed by atoms with Crippen molar-refractivity contribution in [2.24, 2.45) is 4.99 Å². The summed E-state index contributed by atoms with van der Waals surface area (Å²) in [6, 6.07) is 16.9. The molecule has 0 unspecified atom stereocenters. The molecule has 3 aromatic rings. The van der Waals surface area contributed by atoms with E-state index in [2.05, 4.69) is 9.98 Å². The molecule has 0 bridgehead atoms. The van der Waals surface area contributed by atoms with Gasteiger partial charge in [0.25, 0.3) is 5.91 Å². The maximum Gasteiger partial charge on any atom is 0.280 e. The van der Waals surface area contributed by atoms with Crippen LogP contribution < -0.4 is 10.6 Å². The summed E-state index contributed by atoms with van der Waals surface area (Å²) in [5, 5.41) is 11.9. The van der Waals surface area contributed by atoms with Gasteiger partial charge in [0.15, 0.2) is 4.77 Å². The van der Waals surface area contributed by atoms with E-state index in [-0.39, 0.29) is 11.8 Å². The second-order valence-corrected chi connectivity index (χ2v) is 5.90. The van der Waals surface area contributed by atoms with Crippen molar-refractivity contribution in [2.75, 3.05) is 0 Å². The molecule has 24 heavy (non-hydrogen) atoms. The first kappa shape index (κ1) is 14.6. The van der Waals surface area contributed by atoms with Crippen LogP contribution in [0, 0.1) is 4.77 Å². The quantitative estimate of drug-likeness (QED) is 0.715. The first-order valence-corrected chi connectivity index (χ1v) is 7.84. The van der Waals surface area contributed by atoms with Crippen LogP contribution in [-0.4, -0.2) is 20.6 Å². The highest BCUT2D eigenvalue weighted by Gasteiger charge is 2.24. The number of imidazole rings is 1. The first-order chi connectivity index (χ1) is 11.6. The normalized spacial score (nSPS) is 13.0. The van der Waals surface area contributed by atoms with E-state index >= 15 is 0 Å². The summed E-state index contributed by atoms with van der Waals surface area (Å²) in [5.74, 6) is -0.436.